The van der Waals surface area contributed by atoms with Crippen LogP contribution in [0.4, 0.5) is 5.69 Å². The molecule has 196 valence electrons. The molecule has 2 amide bonds. The van der Waals surface area contributed by atoms with Crippen LogP contribution in [0.15, 0.2) is 83.8 Å². The minimum Gasteiger partial charge on any atom is -0.497 e. The number of anilines is 1. The lowest BCUT2D eigenvalue weighted by molar-refractivity contribution is -0.138. The van der Waals surface area contributed by atoms with E-state index >= 15 is 0 Å². The van der Waals surface area contributed by atoms with Crippen molar-refractivity contribution in [1.29, 1.82) is 0 Å². The minimum absolute atomic E-state index is 0.0174. The Morgan fingerprint density at radius 1 is 1.00 bits per heavy atom. The lowest BCUT2D eigenvalue weighted by atomic mass is 10.1. The summed E-state index contributed by atoms with van der Waals surface area (Å²) in [7, 11) is -1.20. The lowest BCUT2D eigenvalue weighted by Gasteiger charge is -2.31. The molecular formula is C27H30ClN3O5S. The maximum absolute atomic E-state index is 13.7. The number of halogens is 1. The number of rotatable bonds is 11. The van der Waals surface area contributed by atoms with Crippen LogP contribution in [0.25, 0.3) is 0 Å². The second-order valence-electron chi connectivity index (χ2n) is 8.28. The van der Waals surface area contributed by atoms with E-state index in [2.05, 4.69) is 5.32 Å². The maximum Gasteiger partial charge on any atom is 0.264 e. The van der Waals surface area contributed by atoms with Crippen LogP contribution in [-0.2, 0) is 26.0 Å². The predicted molar refractivity (Wildman–Crippen MR) is 144 cm³/mol. The van der Waals surface area contributed by atoms with Crippen LogP contribution >= 0.6 is 11.6 Å². The first-order valence-electron chi connectivity index (χ1n) is 11.6. The first-order chi connectivity index (χ1) is 17.7. The fourth-order valence-corrected chi connectivity index (χ4v) is 5.40. The van der Waals surface area contributed by atoms with E-state index in [1.54, 1.807) is 25.1 Å². The van der Waals surface area contributed by atoms with Gasteiger partial charge in [0, 0.05) is 18.6 Å². The van der Waals surface area contributed by atoms with Gasteiger partial charge in [0.25, 0.3) is 10.0 Å². The summed E-state index contributed by atoms with van der Waals surface area (Å²) in [6, 6.07) is 20.9. The zero-order valence-corrected chi connectivity index (χ0v) is 22.5. The Balaban J connectivity index is 1.97. The molecule has 3 rings (SSSR count). The highest BCUT2D eigenvalue weighted by molar-refractivity contribution is 7.92. The van der Waals surface area contributed by atoms with E-state index in [-0.39, 0.29) is 23.0 Å². The Morgan fingerprint density at radius 2 is 1.68 bits per heavy atom. The van der Waals surface area contributed by atoms with Crippen molar-refractivity contribution in [3.8, 4) is 5.75 Å². The van der Waals surface area contributed by atoms with Crippen molar-refractivity contribution in [2.24, 2.45) is 0 Å². The summed E-state index contributed by atoms with van der Waals surface area (Å²) >= 11 is 6.17. The fourth-order valence-electron chi connectivity index (χ4n) is 3.81. The molecule has 0 unspecified atom stereocenters. The Bertz CT molecular complexity index is 1320. The van der Waals surface area contributed by atoms with Gasteiger partial charge in [-0.3, -0.25) is 13.9 Å². The summed E-state index contributed by atoms with van der Waals surface area (Å²) < 4.78 is 33.6. The number of benzene rings is 3. The van der Waals surface area contributed by atoms with Gasteiger partial charge in [-0.2, -0.15) is 0 Å². The first kappa shape index (κ1) is 28.0. The van der Waals surface area contributed by atoms with E-state index in [4.69, 9.17) is 16.3 Å². The van der Waals surface area contributed by atoms with Gasteiger partial charge in [-0.1, -0.05) is 48.0 Å². The standard InChI is InChI=1S/C27H30ClN3O5S/c1-20(27(33)29-2)30(17-16-21-8-5-4-6-9-21)26(32)19-31(23-11-7-10-22(28)18-23)37(34,35)25-14-12-24(36-3)13-15-25/h4-15,18,20H,16-17,19H2,1-3H3,(H,29,33)/t20-/m1/s1. The van der Waals surface area contributed by atoms with Gasteiger partial charge < -0.3 is 15.0 Å². The molecule has 0 saturated heterocycles. The third kappa shape index (κ3) is 7.02. The average molecular weight is 544 g/mol. The van der Waals surface area contributed by atoms with Crippen LogP contribution in [0.1, 0.15) is 12.5 Å². The molecule has 8 nitrogen and oxygen atoms in total. The zero-order valence-electron chi connectivity index (χ0n) is 20.9. The number of nitrogens with one attached hydrogen (secondary N) is 1. The van der Waals surface area contributed by atoms with Crippen molar-refractivity contribution in [1.82, 2.24) is 10.2 Å². The van der Waals surface area contributed by atoms with Crippen molar-refractivity contribution in [3.05, 3.63) is 89.4 Å². The molecular weight excluding hydrogens is 514 g/mol. The van der Waals surface area contributed by atoms with E-state index in [9.17, 15) is 18.0 Å². The highest BCUT2D eigenvalue weighted by Crippen LogP contribution is 2.27. The van der Waals surface area contributed by atoms with Crippen LogP contribution in [0.3, 0.4) is 0 Å². The zero-order chi connectivity index (χ0) is 27.0. The van der Waals surface area contributed by atoms with Gasteiger partial charge in [-0.25, -0.2) is 8.42 Å². The number of amides is 2. The average Bonchev–Trinajstić information content (AvgIpc) is 2.91. The summed E-state index contributed by atoms with van der Waals surface area (Å²) in [6.07, 6.45) is 0.496. The third-order valence-electron chi connectivity index (χ3n) is 5.92. The summed E-state index contributed by atoms with van der Waals surface area (Å²) in [5.41, 5.74) is 1.22. The Labute approximate surface area is 222 Å². The first-order valence-corrected chi connectivity index (χ1v) is 13.5. The van der Waals surface area contributed by atoms with Crippen LogP contribution in [-0.4, -0.2) is 58.4 Å². The number of hydrogen-bond acceptors (Lipinski definition) is 5. The molecule has 1 N–H and O–H groups in total. The number of ether oxygens (including phenoxy) is 1. The maximum atomic E-state index is 13.7. The van der Waals surface area contributed by atoms with E-state index < -0.39 is 28.5 Å². The number of hydrogen-bond donors (Lipinski definition) is 1. The molecule has 3 aromatic carbocycles. The van der Waals surface area contributed by atoms with Crippen LogP contribution < -0.4 is 14.4 Å². The molecule has 37 heavy (non-hydrogen) atoms. The number of methoxy groups -OCH3 is 1. The summed E-state index contributed by atoms with van der Waals surface area (Å²) in [4.78, 5) is 27.5. The molecule has 0 aliphatic heterocycles. The van der Waals surface area contributed by atoms with Crippen molar-refractivity contribution < 1.29 is 22.7 Å². The van der Waals surface area contributed by atoms with E-state index in [0.29, 0.717) is 17.2 Å². The SMILES string of the molecule is CNC(=O)[C@@H](C)N(CCc1ccccc1)C(=O)CN(c1cccc(Cl)c1)S(=O)(=O)c1ccc(OC)cc1. The monoisotopic (exact) mass is 543 g/mol. The molecule has 0 heterocycles. The summed E-state index contributed by atoms with van der Waals surface area (Å²) in [5, 5.41) is 2.88. The molecule has 1 atom stereocenters. The topological polar surface area (TPSA) is 96.0 Å². The molecule has 0 radical (unpaired) electrons. The predicted octanol–water partition coefficient (Wildman–Crippen LogP) is 3.75. The largest absolute Gasteiger partial charge is 0.497 e. The smallest absolute Gasteiger partial charge is 0.264 e. The third-order valence-corrected chi connectivity index (χ3v) is 7.94. The highest BCUT2D eigenvalue weighted by atomic mass is 35.5. The molecule has 0 saturated carbocycles. The van der Waals surface area contributed by atoms with Crippen molar-refractivity contribution in [3.63, 3.8) is 0 Å². The highest BCUT2D eigenvalue weighted by Gasteiger charge is 2.32. The molecule has 0 aromatic heterocycles. The van der Waals surface area contributed by atoms with E-state index in [1.807, 2.05) is 30.3 Å². The number of likely N-dealkylation sites (N-methyl/N-ethyl adjacent to an activating group) is 1. The van der Waals surface area contributed by atoms with Gasteiger partial charge in [0.15, 0.2) is 0 Å². The molecule has 3 aromatic rings. The van der Waals surface area contributed by atoms with Gasteiger partial charge in [-0.15, -0.1) is 0 Å². The van der Waals surface area contributed by atoms with Crippen LogP contribution in [0, 0.1) is 0 Å². The van der Waals surface area contributed by atoms with Gasteiger partial charge in [-0.05, 0) is 61.4 Å². The van der Waals surface area contributed by atoms with Crippen LogP contribution in [0.5, 0.6) is 5.75 Å². The molecule has 10 heteroatoms. The van der Waals surface area contributed by atoms with E-state index in [0.717, 1.165) is 9.87 Å². The second kappa shape index (κ2) is 12.6. The molecule has 0 bridgehead atoms. The van der Waals surface area contributed by atoms with Crippen molar-refractivity contribution in [2.75, 3.05) is 31.6 Å². The number of nitrogens with zero attached hydrogens (tertiary/aromatic N) is 2. The van der Waals surface area contributed by atoms with E-state index in [1.165, 1.54) is 49.4 Å². The van der Waals surface area contributed by atoms with Gasteiger partial charge in [0.05, 0.1) is 17.7 Å². The van der Waals surface area contributed by atoms with Crippen molar-refractivity contribution >= 4 is 39.1 Å². The molecule has 0 aliphatic rings. The van der Waals surface area contributed by atoms with Crippen molar-refractivity contribution in [2.45, 2.75) is 24.3 Å². The van der Waals surface area contributed by atoms with Crippen LogP contribution in [0.2, 0.25) is 5.02 Å². The Kier molecular flexibility index (Phi) is 9.54. The molecule has 0 aliphatic carbocycles. The number of carbonyl (C=O) groups excluding carboxylic acids is 2. The summed E-state index contributed by atoms with van der Waals surface area (Å²) in [6.45, 7) is 1.32. The lowest BCUT2D eigenvalue weighted by Crippen LogP contribution is -2.51. The summed E-state index contributed by atoms with van der Waals surface area (Å²) in [5.74, 6) is -0.381. The second-order valence-corrected chi connectivity index (χ2v) is 10.6. The normalized spacial score (nSPS) is 11.9. The van der Waals surface area contributed by atoms with Gasteiger partial charge in [0.2, 0.25) is 11.8 Å². The fraction of sp³-hybridized carbons (Fsp3) is 0.259. The Hall–Kier alpha value is -3.56. The molecule has 0 spiro atoms. The number of sulfonamides is 1. The number of carbonyl (C=O) groups is 2. The van der Waals surface area contributed by atoms with Gasteiger partial charge in [0.1, 0.15) is 18.3 Å². The Morgan fingerprint density at radius 3 is 2.27 bits per heavy atom. The minimum atomic E-state index is -4.17. The quantitative estimate of drug-likeness (QED) is 0.397. The molecule has 0 fully saturated rings. The van der Waals surface area contributed by atoms with Gasteiger partial charge >= 0.3 is 0 Å².